The van der Waals surface area contributed by atoms with Crippen molar-refractivity contribution in [2.75, 3.05) is 39.0 Å². The molecule has 0 radical (unpaired) electrons. The van der Waals surface area contributed by atoms with Crippen LogP contribution in [0.1, 0.15) is 36.2 Å². The van der Waals surface area contributed by atoms with E-state index < -0.39 is 10.8 Å². The highest BCUT2D eigenvalue weighted by Crippen LogP contribution is 2.37. The molecule has 0 saturated carbocycles. The molecule has 0 bridgehead atoms. The van der Waals surface area contributed by atoms with Crippen molar-refractivity contribution in [2.24, 2.45) is 10.9 Å². The summed E-state index contributed by atoms with van der Waals surface area (Å²) in [7, 11) is 1.35. The predicted octanol–water partition coefficient (Wildman–Crippen LogP) is 3.64. The number of guanidine groups is 1. The maximum Gasteiger partial charge on any atom is 0.191 e. The molecule has 2 N–H and O–H groups in total. The molecule has 3 unspecified atom stereocenters. The molecule has 2 heterocycles. The first-order valence-electron chi connectivity index (χ1n) is 10.8. The van der Waals surface area contributed by atoms with E-state index in [0.29, 0.717) is 30.0 Å². The van der Waals surface area contributed by atoms with Crippen molar-refractivity contribution in [3.05, 3.63) is 58.3 Å². The molecule has 0 spiro atoms. The largest absolute Gasteiger partial charge is 0.357 e. The number of hydrogen-bond acceptors (Lipinski definition) is 4. The van der Waals surface area contributed by atoms with Gasteiger partial charge in [0.05, 0.1) is 0 Å². The number of benzene rings is 1. The van der Waals surface area contributed by atoms with Crippen LogP contribution in [0.4, 0.5) is 0 Å². The summed E-state index contributed by atoms with van der Waals surface area (Å²) in [6.07, 6.45) is 2.43. The predicted molar refractivity (Wildman–Crippen MR) is 130 cm³/mol. The third kappa shape index (κ3) is 6.93. The molecule has 3 rings (SSSR count). The van der Waals surface area contributed by atoms with Crippen molar-refractivity contribution in [3.8, 4) is 0 Å². The Morgan fingerprint density at radius 1 is 1.23 bits per heavy atom. The minimum Gasteiger partial charge on any atom is -0.357 e. The molecule has 1 aromatic carbocycles. The van der Waals surface area contributed by atoms with Crippen LogP contribution in [0.3, 0.4) is 0 Å². The molecular weight excluding hydrogens is 412 g/mol. The number of likely N-dealkylation sites (tertiary alicyclic amines) is 1. The van der Waals surface area contributed by atoms with Crippen molar-refractivity contribution in [3.63, 3.8) is 0 Å². The van der Waals surface area contributed by atoms with Crippen LogP contribution in [0, 0.1) is 5.92 Å². The molecule has 3 atom stereocenters. The lowest BCUT2D eigenvalue weighted by atomic mass is 9.88. The summed E-state index contributed by atoms with van der Waals surface area (Å²) in [4.78, 5) is 8.80. The first-order valence-corrected chi connectivity index (χ1v) is 13.2. The van der Waals surface area contributed by atoms with Gasteiger partial charge in [0.2, 0.25) is 0 Å². The van der Waals surface area contributed by atoms with Gasteiger partial charge in [-0.1, -0.05) is 36.4 Å². The number of nitrogens with zero attached hydrogens (tertiary/aromatic N) is 2. The van der Waals surface area contributed by atoms with Gasteiger partial charge in [-0.3, -0.25) is 14.1 Å². The van der Waals surface area contributed by atoms with Crippen molar-refractivity contribution in [2.45, 2.75) is 31.6 Å². The molecular formula is C23H34N4OS2. The van der Waals surface area contributed by atoms with Crippen LogP contribution in [0.5, 0.6) is 0 Å². The summed E-state index contributed by atoms with van der Waals surface area (Å²) in [5.74, 6) is 2.56. The zero-order valence-electron chi connectivity index (χ0n) is 18.0. The number of nitrogens with one attached hydrogen (secondary N) is 2. The van der Waals surface area contributed by atoms with E-state index in [1.165, 1.54) is 17.7 Å². The van der Waals surface area contributed by atoms with Gasteiger partial charge >= 0.3 is 0 Å². The zero-order chi connectivity index (χ0) is 21.2. The van der Waals surface area contributed by atoms with E-state index in [1.54, 1.807) is 0 Å². The topological polar surface area (TPSA) is 56.7 Å². The van der Waals surface area contributed by atoms with Gasteiger partial charge in [-0.15, -0.1) is 11.3 Å². The second-order valence-electron chi connectivity index (χ2n) is 7.76. The Kier molecular flexibility index (Phi) is 9.36. The Hall–Kier alpha value is -1.70. The Bertz CT molecular complexity index is 795. The van der Waals surface area contributed by atoms with Crippen molar-refractivity contribution < 1.29 is 4.21 Å². The number of rotatable bonds is 9. The highest BCUT2D eigenvalue weighted by Gasteiger charge is 2.31. The zero-order valence-corrected chi connectivity index (χ0v) is 19.7. The van der Waals surface area contributed by atoms with Crippen LogP contribution in [0.2, 0.25) is 0 Å². The van der Waals surface area contributed by atoms with E-state index >= 15 is 0 Å². The van der Waals surface area contributed by atoms with Crippen molar-refractivity contribution >= 4 is 28.1 Å². The molecule has 7 heteroatoms. The Morgan fingerprint density at radius 3 is 2.80 bits per heavy atom. The Labute approximate surface area is 187 Å². The number of aliphatic imine (C=N–C) groups is 1. The summed E-state index contributed by atoms with van der Waals surface area (Å²) in [5, 5.41) is 8.87. The number of hydrogen-bond donors (Lipinski definition) is 2. The van der Waals surface area contributed by atoms with Gasteiger partial charge in [-0.2, -0.15) is 0 Å². The highest BCUT2D eigenvalue weighted by atomic mass is 32.2. The van der Waals surface area contributed by atoms with Gasteiger partial charge in [0, 0.05) is 52.9 Å². The van der Waals surface area contributed by atoms with Gasteiger partial charge in [0.1, 0.15) is 0 Å². The summed E-state index contributed by atoms with van der Waals surface area (Å²) in [5.41, 5.74) is 1.12. The quantitative estimate of drug-likeness (QED) is 0.456. The normalized spacial score (nSPS) is 21.3. The molecule has 0 aliphatic carbocycles. The molecule has 164 valence electrons. The van der Waals surface area contributed by atoms with E-state index in [2.05, 4.69) is 47.0 Å². The Morgan fingerprint density at radius 2 is 2.07 bits per heavy atom. The Balaban J connectivity index is 1.52. The van der Waals surface area contributed by atoms with Crippen LogP contribution < -0.4 is 10.6 Å². The third-order valence-electron chi connectivity index (χ3n) is 5.46. The van der Waals surface area contributed by atoms with E-state index in [9.17, 15) is 4.21 Å². The molecule has 5 nitrogen and oxygen atoms in total. The van der Waals surface area contributed by atoms with Gasteiger partial charge in [0.25, 0.3) is 0 Å². The summed E-state index contributed by atoms with van der Waals surface area (Å²) < 4.78 is 12.4. The standard InChI is InChI=1S/C23H34N4OS2/c1-3-24-23(25-13-16-30(28)18-19-9-5-4-6-10-19)26-17-20-11-7-14-27(2)22(20)21-12-8-15-29-21/h4-6,8-10,12,15,20,22H,3,7,11,13-14,16-18H2,1-2H3,(H2,24,25,26). The van der Waals surface area contributed by atoms with E-state index in [0.717, 1.165) is 31.2 Å². The van der Waals surface area contributed by atoms with Crippen LogP contribution in [-0.2, 0) is 16.6 Å². The van der Waals surface area contributed by atoms with Gasteiger partial charge in [0.15, 0.2) is 5.96 Å². The summed E-state index contributed by atoms with van der Waals surface area (Å²) >= 11 is 1.84. The average molecular weight is 447 g/mol. The summed E-state index contributed by atoms with van der Waals surface area (Å²) in [6, 6.07) is 14.9. The van der Waals surface area contributed by atoms with Crippen molar-refractivity contribution in [1.29, 1.82) is 0 Å². The highest BCUT2D eigenvalue weighted by molar-refractivity contribution is 7.84. The van der Waals surface area contributed by atoms with Crippen LogP contribution in [0.15, 0.2) is 52.8 Å². The van der Waals surface area contributed by atoms with E-state index in [1.807, 2.05) is 41.7 Å². The first-order chi connectivity index (χ1) is 14.7. The van der Waals surface area contributed by atoms with Crippen molar-refractivity contribution in [1.82, 2.24) is 15.5 Å². The van der Waals surface area contributed by atoms with Crippen LogP contribution in [-0.4, -0.2) is 54.0 Å². The van der Waals surface area contributed by atoms with E-state index in [-0.39, 0.29) is 0 Å². The number of piperidine rings is 1. The monoisotopic (exact) mass is 446 g/mol. The minimum absolute atomic E-state index is 0.448. The average Bonchev–Trinajstić information content (AvgIpc) is 3.27. The fraction of sp³-hybridized carbons (Fsp3) is 0.522. The SMILES string of the molecule is CCNC(=NCC1CCCN(C)C1c1cccs1)NCCS(=O)Cc1ccccc1. The third-order valence-corrected chi connectivity index (χ3v) is 7.72. The van der Waals surface area contributed by atoms with E-state index in [4.69, 9.17) is 4.99 Å². The lowest BCUT2D eigenvalue weighted by molar-refractivity contribution is 0.128. The fourth-order valence-corrected chi connectivity index (χ4v) is 6.05. The maximum atomic E-state index is 12.4. The lowest BCUT2D eigenvalue weighted by Crippen LogP contribution is -2.41. The summed E-state index contributed by atoms with van der Waals surface area (Å²) in [6.45, 7) is 5.50. The van der Waals surface area contributed by atoms with Crippen LogP contribution >= 0.6 is 11.3 Å². The van der Waals surface area contributed by atoms with Gasteiger partial charge in [-0.25, -0.2) is 0 Å². The molecule has 0 amide bonds. The maximum absolute atomic E-state index is 12.4. The fourth-order valence-electron chi connectivity index (χ4n) is 4.03. The molecule has 1 aliphatic rings. The van der Waals surface area contributed by atoms with Gasteiger partial charge in [-0.05, 0) is 56.3 Å². The minimum atomic E-state index is -0.881. The van der Waals surface area contributed by atoms with Gasteiger partial charge < -0.3 is 10.6 Å². The second-order valence-corrected chi connectivity index (χ2v) is 10.3. The second kappa shape index (κ2) is 12.2. The molecule has 1 fully saturated rings. The first kappa shape index (κ1) is 23.0. The smallest absolute Gasteiger partial charge is 0.191 e. The van der Waals surface area contributed by atoms with Crippen LogP contribution in [0.25, 0.3) is 0 Å². The number of thiophene rings is 1. The molecule has 1 aliphatic heterocycles. The molecule has 2 aromatic rings. The molecule has 1 saturated heterocycles. The molecule has 30 heavy (non-hydrogen) atoms. The molecule has 1 aromatic heterocycles. The lowest BCUT2D eigenvalue weighted by Gasteiger charge is -2.38.